The molecular formula is C14H15FN4O2. The van der Waals surface area contributed by atoms with Crippen LogP contribution in [0.1, 0.15) is 11.3 Å². The van der Waals surface area contributed by atoms with Crippen molar-refractivity contribution in [2.24, 2.45) is 0 Å². The van der Waals surface area contributed by atoms with Crippen LogP contribution in [0.15, 0.2) is 29.1 Å². The molecule has 21 heavy (non-hydrogen) atoms. The highest BCUT2D eigenvalue weighted by Crippen LogP contribution is 2.08. The minimum atomic E-state index is -0.444. The van der Waals surface area contributed by atoms with Crippen LogP contribution in [0.5, 0.6) is 0 Å². The third-order valence-electron chi connectivity index (χ3n) is 3.10. The molecule has 2 aromatic rings. The standard InChI is InChI=1S/C14H15FN4O2/c1-8-9(2)17-14(16)19(13(8)21)7-12(20)18-11-5-3-10(15)4-6-11/h3-6H,7H2,1-2H3,(H2,16,17)(H,18,20). The average Bonchev–Trinajstić information content (AvgIpc) is 2.44. The molecule has 0 saturated carbocycles. The van der Waals surface area contributed by atoms with E-state index in [0.717, 1.165) is 4.57 Å². The number of carbonyl (C=O) groups is 1. The summed E-state index contributed by atoms with van der Waals surface area (Å²) in [7, 11) is 0. The molecule has 0 radical (unpaired) electrons. The quantitative estimate of drug-likeness (QED) is 0.889. The van der Waals surface area contributed by atoms with Gasteiger partial charge < -0.3 is 11.1 Å². The normalized spacial score (nSPS) is 10.4. The summed E-state index contributed by atoms with van der Waals surface area (Å²) < 4.78 is 13.9. The van der Waals surface area contributed by atoms with Gasteiger partial charge in [-0.25, -0.2) is 9.37 Å². The minimum Gasteiger partial charge on any atom is -0.369 e. The Kier molecular flexibility index (Phi) is 4.02. The van der Waals surface area contributed by atoms with Crippen LogP contribution < -0.4 is 16.6 Å². The van der Waals surface area contributed by atoms with Crippen LogP contribution in [-0.2, 0) is 11.3 Å². The van der Waals surface area contributed by atoms with E-state index in [2.05, 4.69) is 10.3 Å². The van der Waals surface area contributed by atoms with E-state index in [9.17, 15) is 14.0 Å². The summed E-state index contributed by atoms with van der Waals surface area (Å²) in [5, 5.41) is 2.56. The highest BCUT2D eigenvalue weighted by Gasteiger charge is 2.12. The van der Waals surface area contributed by atoms with Crippen molar-refractivity contribution in [2.75, 3.05) is 11.1 Å². The summed E-state index contributed by atoms with van der Waals surface area (Å²) in [4.78, 5) is 28.0. The molecule has 0 atom stereocenters. The largest absolute Gasteiger partial charge is 0.369 e. The van der Waals surface area contributed by atoms with Crippen molar-refractivity contribution in [3.8, 4) is 0 Å². The van der Waals surface area contributed by atoms with Crippen molar-refractivity contribution in [1.82, 2.24) is 9.55 Å². The van der Waals surface area contributed by atoms with Gasteiger partial charge in [0, 0.05) is 16.9 Å². The number of carbonyl (C=O) groups excluding carboxylic acids is 1. The van der Waals surface area contributed by atoms with E-state index in [-0.39, 0.29) is 18.1 Å². The maximum atomic E-state index is 12.8. The third kappa shape index (κ3) is 3.25. The molecule has 0 saturated heterocycles. The first-order chi connectivity index (χ1) is 9.88. The molecular weight excluding hydrogens is 275 g/mol. The number of nitrogens with zero attached hydrogens (tertiary/aromatic N) is 2. The second-order valence-electron chi connectivity index (χ2n) is 4.63. The van der Waals surface area contributed by atoms with Crippen LogP contribution in [0.2, 0.25) is 0 Å². The first-order valence-corrected chi connectivity index (χ1v) is 6.27. The van der Waals surface area contributed by atoms with E-state index in [0.29, 0.717) is 16.9 Å². The topological polar surface area (TPSA) is 90.0 Å². The number of nitrogens with one attached hydrogen (secondary N) is 1. The van der Waals surface area contributed by atoms with Gasteiger partial charge in [0.2, 0.25) is 11.9 Å². The van der Waals surface area contributed by atoms with E-state index >= 15 is 0 Å². The molecule has 3 N–H and O–H groups in total. The lowest BCUT2D eigenvalue weighted by Crippen LogP contribution is -2.32. The Balaban J connectivity index is 2.19. The van der Waals surface area contributed by atoms with Gasteiger partial charge in [-0.1, -0.05) is 0 Å². The first-order valence-electron chi connectivity index (χ1n) is 6.27. The predicted octanol–water partition coefficient (Wildman–Crippen LogP) is 1.22. The summed E-state index contributed by atoms with van der Waals surface area (Å²) >= 11 is 0. The molecule has 6 nitrogen and oxygen atoms in total. The van der Waals surface area contributed by atoms with Gasteiger partial charge in [0.15, 0.2) is 0 Å². The lowest BCUT2D eigenvalue weighted by molar-refractivity contribution is -0.116. The summed E-state index contributed by atoms with van der Waals surface area (Å²) in [6.07, 6.45) is 0. The van der Waals surface area contributed by atoms with Gasteiger partial charge in [-0.2, -0.15) is 0 Å². The third-order valence-corrected chi connectivity index (χ3v) is 3.10. The van der Waals surface area contributed by atoms with Crippen molar-refractivity contribution in [2.45, 2.75) is 20.4 Å². The molecule has 0 bridgehead atoms. The number of hydrogen-bond acceptors (Lipinski definition) is 4. The van der Waals surface area contributed by atoms with Crippen molar-refractivity contribution < 1.29 is 9.18 Å². The highest BCUT2D eigenvalue weighted by atomic mass is 19.1. The lowest BCUT2D eigenvalue weighted by Gasteiger charge is -2.11. The van der Waals surface area contributed by atoms with Gasteiger partial charge in [0.25, 0.3) is 5.56 Å². The number of anilines is 2. The molecule has 1 aromatic heterocycles. The Hall–Kier alpha value is -2.70. The van der Waals surface area contributed by atoms with Crippen molar-refractivity contribution in [1.29, 1.82) is 0 Å². The maximum absolute atomic E-state index is 12.8. The molecule has 0 aliphatic rings. The Morgan fingerprint density at radius 2 is 1.95 bits per heavy atom. The summed E-state index contributed by atoms with van der Waals surface area (Å²) in [6, 6.07) is 5.32. The van der Waals surface area contributed by atoms with E-state index in [1.807, 2.05) is 0 Å². The minimum absolute atomic E-state index is 0.0163. The monoisotopic (exact) mass is 290 g/mol. The number of hydrogen-bond donors (Lipinski definition) is 2. The Morgan fingerprint density at radius 1 is 1.33 bits per heavy atom. The molecule has 0 fully saturated rings. The summed E-state index contributed by atoms with van der Waals surface area (Å²) in [6.45, 7) is 3.05. The second kappa shape index (κ2) is 5.74. The first kappa shape index (κ1) is 14.7. The van der Waals surface area contributed by atoms with E-state index in [1.54, 1.807) is 13.8 Å². The van der Waals surface area contributed by atoms with Crippen LogP contribution in [-0.4, -0.2) is 15.5 Å². The fourth-order valence-electron chi connectivity index (χ4n) is 1.81. The molecule has 0 unspecified atom stereocenters. The molecule has 1 amide bonds. The zero-order chi connectivity index (χ0) is 15.6. The molecule has 1 aromatic carbocycles. The number of aromatic nitrogens is 2. The molecule has 0 spiro atoms. The zero-order valence-corrected chi connectivity index (χ0v) is 11.7. The van der Waals surface area contributed by atoms with Crippen molar-refractivity contribution in [3.05, 3.63) is 51.7 Å². The van der Waals surface area contributed by atoms with Crippen LogP contribution in [0.4, 0.5) is 16.0 Å². The molecule has 2 rings (SSSR count). The molecule has 0 aliphatic heterocycles. The van der Waals surface area contributed by atoms with E-state index in [1.165, 1.54) is 24.3 Å². The SMILES string of the molecule is Cc1nc(N)n(CC(=O)Nc2ccc(F)cc2)c(=O)c1C. The van der Waals surface area contributed by atoms with E-state index < -0.39 is 11.7 Å². The number of rotatable bonds is 3. The maximum Gasteiger partial charge on any atom is 0.258 e. The van der Waals surface area contributed by atoms with Crippen LogP contribution >= 0.6 is 0 Å². The molecule has 110 valence electrons. The Morgan fingerprint density at radius 3 is 2.57 bits per heavy atom. The fourth-order valence-corrected chi connectivity index (χ4v) is 1.81. The average molecular weight is 290 g/mol. The summed E-state index contributed by atoms with van der Waals surface area (Å²) in [5.41, 5.74) is 6.74. The van der Waals surface area contributed by atoms with Gasteiger partial charge in [0.1, 0.15) is 12.4 Å². The second-order valence-corrected chi connectivity index (χ2v) is 4.63. The number of nitrogen functional groups attached to an aromatic ring is 1. The fraction of sp³-hybridized carbons (Fsp3) is 0.214. The number of halogens is 1. The van der Waals surface area contributed by atoms with Crippen molar-refractivity contribution in [3.63, 3.8) is 0 Å². The number of benzene rings is 1. The lowest BCUT2D eigenvalue weighted by atomic mass is 10.2. The molecule has 0 aliphatic carbocycles. The molecule has 7 heteroatoms. The van der Waals surface area contributed by atoms with Crippen LogP contribution in [0.3, 0.4) is 0 Å². The van der Waals surface area contributed by atoms with Gasteiger partial charge in [-0.3, -0.25) is 14.2 Å². The van der Waals surface area contributed by atoms with Gasteiger partial charge in [-0.05, 0) is 38.1 Å². The molecule has 1 heterocycles. The Bertz CT molecular complexity index is 738. The van der Waals surface area contributed by atoms with Gasteiger partial charge in [0.05, 0.1) is 0 Å². The smallest absolute Gasteiger partial charge is 0.258 e. The van der Waals surface area contributed by atoms with Gasteiger partial charge >= 0.3 is 0 Å². The Labute approximate surface area is 120 Å². The van der Waals surface area contributed by atoms with Gasteiger partial charge in [-0.15, -0.1) is 0 Å². The predicted molar refractivity (Wildman–Crippen MR) is 77.4 cm³/mol. The summed E-state index contributed by atoms with van der Waals surface area (Å²) in [5.74, 6) is -0.857. The number of nitrogens with two attached hydrogens (primary N) is 1. The zero-order valence-electron chi connectivity index (χ0n) is 11.7. The van der Waals surface area contributed by atoms with E-state index in [4.69, 9.17) is 5.73 Å². The van der Waals surface area contributed by atoms with Crippen LogP contribution in [0, 0.1) is 19.7 Å². The number of amides is 1. The van der Waals surface area contributed by atoms with Crippen LogP contribution in [0.25, 0.3) is 0 Å². The number of aryl methyl sites for hydroxylation is 1. The highest BCUT2D eigenvalue weighted by molar-refractivity contribution is 5.90. The van der Waals surface area contributed by atoms with Crippen molar-refractivity contribution >= 4 is 17.5 Å².